The summed E-state index contributed by atoms with van der Waals surface area (Å²) < 4.78 is 24.0. The van der Waals surface area contributed by atoms with Crippen LogP contribution in [0.3, 0.4) is 0 Å². The van der Waals surface area contributed by atoms with Gasteiger partial charge in [0.05, 0.1) is 37.6 Å². The lowest BCUT2D eigenvalue weighted by molar-refractivity contribution is -0.376. The van der Waals surface area contributed by atoms with Gasteiger partial charge in [-0.2, -0.15) is 0 Å². The number of Topliss-reactive ketones (excluding diaryl/α,β-unsaturated/α-hetero) is 1. The standard InChI is InChI=1S/C29H47NO9/c1-8-26(5)15-21(33)29(35)27(6)20(32)9-10-25(3,4)23(27)22(34)24(28(29,7)39-26)37-17-19(38-18(2)31)16-30-11-13-36-14-12-30/h8,19-20,22-24,32,34-35H,1,9-17H2,2-7H3/t19?,20-,22-,23-,24-,26-,27-,28+,29-/m0/s1. The summed E-state index contributed by atoms with van der Waals surface area (Å²) in [4.78, 5) is 28.1. The van der Waals surface area contributed by atoms with Crippen LogP contribution in [0.2, 0.25) is 0 Å². The van der Waals surface area contributed by atoms with Gasteiger partial charge in [0, 0.05) is 44.3 Å². The summed E-state index contributed by atoms with van der Waals surface area (Å²) in [5.41, 5.74) is -6.99. The van der Waals surface area contributed by atoms with Crippen molar-refractivity contribution < 1.29 is 43.9 Å². The first-order valence-electron chi connectivity index (χ1n) is 14.1. The molecule has 10 heteroatoms. The molecule has 2 heterocycles. The second-order valence-electron chi connectivity index (χ2n) is 13.2. The number of ketones is 1. The normalized spacial score (nSPS) is 45.1. The van der Waals surface area contributed by atoms with E-state index in [4.69, 9.17) is 18.9 Å². The number of carbonyl (C=O) groups excluding carboxylic acids is 2. The first-order chi connectivity index (χ1) is 18.1. The highest BCUT2D eigenvalue weighted by Crippen LogP contribution is 2.67. The fourth-order valence-corrected chi connectivity index (χ4v) is 8.20. The van der Waals surface area contributed by atoms with Gasteiger partial charge in [-0.05, 0) is 32.1 Å². The summed E-state index contributed by atoms with van der Waals surface area (Å²) in [6, 6.07) is 0. The third kappa shape index (κ3) is 4.79. The van der Waals surface area contributed by atoms with Crippen molar-refractivity contribution in [2.75, 3.05) is 39.5 Å². The van der Waals surface area contributed by atoms with Crippen molar-refractivity contribution in [1.82, 2.24) is 4.90 Å². The molecular weight excluding hydrogens is 506 g/mol. The van der Waals surface area contributed by atoms with Gasteiger partial charge in [-0.25, -0.2) is 0 Å². The molecule has 1 unspecified atom stereocenters. The van der Waals surface area contributed by atoms with Crippen LogP contribution in [0.25, 0.3) is 0 Å². The molecule has 2 aliphatic carbocycles. The summed E-state index contributed by atoms with van der Waals surface area (Å²) in [5.74, 6) is -1.63. The van der Waals surface area contributed by atoms with Crippen LogP contribution in [0, 0.1) is 16.7 Å². The Morgan fingerprint density at radius 2 is 1.85 bits per heavy atom. The topological polar surface area (TPSA) is 135 Å². The minimum absolute atomic E-state index is 0.0842. The molecule has 0 spiro atoms. The summed E-state index contributed by atoms with van der Waals surface area (Å²) in [6.45, 7) is 17.0. The van der Waals surface area contributed by atoms with Gasteiger partial charge in [0.2, 0.25) is 0 Å². The molecule has 0 aromatic heterocycles. The van der Waals surface area contributed by atoms with E-state index in [9.17, 15) is 24.9 Å². The molecule has 0 aromatic carbocycles. The zero-order valence-electron chi connectivity index (χ0n) is 24.3. The van der Waals surface area contributed by atoms with Crippen LogP contribution < -0.4 is 0 Å². The first kappa shape index (κ1) is 30.6. The Morgan fingerprint density at radius 3 is 2.44 bits per heavy atom. The van der Waals surface area contributed by atoms with Gasteiger partial charge in [0.15, 0.2) is 11.4 Å². The van der Waals surface area contributed by atoms with E-state index in [1.165, 1.54) is 13.0 Å². The zero-order valence-corrected chi connectivity index (χ0v) is 24.3. The molecule has 4 rings (SSSR count). The Bertz CT molecular complexity index is 966. The Kier molecular flexibility index (Phi) is 8.19. The van der Waals surface area contributed by atoms with Gasteiger partial charge in [-0.15, -0.1) is 6.58 Å². The molecule has 4 fully saturated rings. The maximum atomic E-state index is 14.0. The maximum absolute atomic E-state index is 14.0. The summed E-state index contributed by atoms with van der Waals surface area (Å²) >= 11 is 0. The van der Waals surface area contributed by atoms with Crippen LogP contribution >= 0.6 is 0 Å². The number of hydrogen-bond acceptors (Lipinski definition) is 10. The monoisotopic (exact) mass is 553 g/mol. The number of aliphatic hydroxyl groups excluding tert-OH is 2. The predicted molar refractivity (Wildman–Crippen MR) is 142 cm³/mol. The molecule has 0 aromatic rings. The van der Waals surface area contributed by atoms with E-state index >= 15 is 0 Å². The van der Waals surface area contributed by atoms with Crippen molar-refractivity contribution >= 4 is 11.8 Å². The number of carbonyl (C=O) groups is 2. The Balaban J connectivity index is 1.75. The highest BCUT2D eigenvalue weighted by Gasteiger charge is 2.80. The van der Waals surface area contributed by atoms with Gasteiger partial charge >= 0.3 is 5.97 Å². The molecule has 2 aliphatic heterocycles. The number of esters is 1. The molecule has 3 N–H and O–H groups in total. The van der Waals surface area contributed by atoms with E-state index in [0.29, 0.717) is 45.7 Å². The second kappa shape index (κ2) is 10.5. The highest BCUT2D eigenvalue weighted by molar-refractivity contribution is 5.92. The number of aliphatic hydroxyl groups is 3. The van der Waals surface area contributed by atoms with Crippen molar-refractivity contribution in [2.45, 2.75) is 102 Å². The maximum Gasteiger partial charge on any atom is 0.303 e. The number of morpholine rings is 1. The summed E-state index contributed by atoms with van der Waals surface area (Å²) in [5, 5.41) is 36.1. The average Bonchev–Trinajstić information content (AvgIpc) is 2.84. The highest BCUT2D eigenvalue weighted by atomic mass is 16.6. The lowest BCUT2D eigenvalue weighted by Crippen LogP contribution is -2.86. The second-order valence-corrected chi connectivity index (χ2v) is 13.2. The summed E-state index contributed by atoms with van der Waals surface area (Å²) in [6.07, 6.45) is -1.72. The van der Waals surface area contributed by atoms with Gasteiger partial charge in [-0.1, -0.05) is 26.8 Å². The molecule has 4 aliphatic rings. The molecule has 222 valence electrons. The Morgan fingerprint density at radius 1 is 1.21 bits per heavy atom. The fourth-order valence-electron chi connectivity index (χ4n) is 8.20. The summed E-state index contributed by atoms with van der Waals surface area (Å²) in [7, 11) is 0. The molecule has 0 amide bonds. The molecule has 0 radical (unpaired) electrons. The Hall–Kier alpha value is -1.40. The molecule has 9 atom stereocenters. The van der Waals surface area contributed by atoms with Crippen molar-refractivity contribution in [1.29, 1.82) is 0 Å². The van der Waals surface area contributed by atoms with Crippen LogP contribution in [-0.4, -0.2) is 113 Å². The van der Waals surface area contributed by atoms with Crippen LogP contribution in [0.4, 0.5) is 0 Å². The quantitative estimate of drug-likeness (QED) is 0.312. The van der Waals surface area contributed by atoms with E-state index in [2.05, 4.69) is 11.5 Å². The van der Waals surface area contributed by atoms with Crippen LogP contribution in [0.15, 0.2) is 12.7 Å². The van der Waals surface area contributed by atoms with Crippen molar-refractivity contribution in [3.8, 4) is 0 Å². The number of rotatable bonds is 7. The lowest BCUT2D eigenvalue weighted by atomic mass is 9.40. The van der Waals surface area contributed by atoms with E-state index in [1.54, 1.807) is 20.8 Å². The SMILES string of the molecule is C=C[C@@]1(C)CC(=O)[C@]2(O)[C@@]3(C)[C@@H](O)CCC(C)(C)[C@@H]3[C@H](O)[C@H](OCC(CN3CCOCC3)OC(C)=O)[C@@]2(C)O1. The number of ether oxygens (including phenoxy) is 4. The molecule has 10 nitrogen and oxygen atoms in total. The van der Waals surface area contributed by atoms with Crippen LogP contribution in [-0.2, 0) is 28.5 Å². The molecule has 2 saturated heterocycles. The minimum atomic E-state index is -2.17. The zero-order chi connectivity index (χ0) is 29.0. The number of hydrogen-bond donors (Lipinski definition) is 3. The third-order valence-corrected chi connectivity index (χ3v) is 10.1. The van der Waals surface area contributed by atoms with Crippen LogP contribution in [0.1, 0.15) is 60.8 Å². The van der Waals surface area contributed by atoms with Gasteiger partial charge in [0.1, 0.15) is 17.8 Å². The van der Waals surface area contributed by atoms with Crippen molar-refractivity contribution in [3.05, 3.63) is 12.7 Å². The largest absolute Gasteiger partial charge is 0.459 e. The minimum Gasteiger partial charge on any atom is -0.459 e. The van der Waals surface area contributed by atoms with E-state index in [0.717, 1.165) is 0 Å². The van der Waals surface area contributed by atoms with E-state index in [1.807, 2.05) is 13.8 Å². The molecule has 2 saturated carbocycles. The van der Waals surface area contributed by atoms with Crippen molar-refractivity contribution in [3.63, 3.8) is 0 Å². The fraction of sp³-hybridized carbons (Fsp3) is 0.862. The smallest absolute Gasteiger partial charge is 0.303 e. The Labute approximate surface area is 231 Å². The van der Waals surface area contributed by atoms with Gasteiger partial charge in [-0.3, -0.25) is 14.5 Å². The van der Waals surface area contributed by atoms with E-state index < -0.39 is 69.7 Å². The lowest BCUT2D eigenvalue weighted by Gasteiger charge is -2.71. The van der Waals surface area contributed by atoms with E-state index in [-0.39, 0.29) is 13.0 Å². The number of fused-ring (bicyclic) bond motifs is 3. The molecule has 0 bridgehead atoms. The third-order valence-electron chi connectivity index (χ3n) is 10.1. The van der Waals surface area contributed by atoms with Gasteiger partial charge < -0.3 is 34.3 Å². The first-order valence-corrected chi connectivity index (χ1v) is 14.1. The average molecular weight is 554 g/mol. The predicted octanol–water partition coefficient (Wildman–Crippen LogP) is 1.24. The number of nitrogens with zero attached hydrogens (tertiary/aromatic N) is 1. The molecular formula is C29H47NO9. The molecule has 39 heavy (non-hydrogen) atoms. The van der Waals surface area contributed by atoms with Crippen molar-refractivity contribution in [2.24, 2.45) is 16.7 Å². The van der Waals surface area contributed by atoms with Gasteiger partial charge in [0.25, 0.3) is 0 Å². The van der Waals surface area contributed by atoms with Crippen LogP contribution in [0.5, 0.6) is 0 Å².